The van der Waals surface area contributed by atoms with Crippen molar-refractivity contribution < 1.29 is 8.42 Å². The SMILES string of the molecule is Cc1ccc(C#N)cc1S(=O)(=O)NC(CN)C1CC1.Cl. The summed E-state index contributed by atoms with van der Waals surface area (Å²) in [5.74, 6) is 0.347. The molecule has 1 unspecified atom stereocenters. The number of sulfonamides is 1. The molecule has 1 atom stereocenters. The molecule has 2 rings (SSSR count). The fraction of sp³-hybridized carbons (Fsp3) is 0.462. The third-order valence-electron chi connectivity index (χ3n) is 3.36. The topological polar surface area (TPSA) is 96.0 Å². The number of nitrogens with one attached hydrogen (secondary N) is 1. The highest BCUT2D eigenvalue weighted by Crippen LogP contribution is 2.33. The van der Waals surface area contributed by atoms with Gasteiger partial charge in [-0.25, -0.2) is 13.1 Å². The van der Waals surface area contributed by atoms with Crippen LogP contribution < -0.4 is 10.5 Å². The van der Waals surface area contributed by atoms with Crippen molar-refractivity contribution in [2.24, 2.45) is 11.7 Å². The quantitative estimate of drug-likeness (QED) is 0.856. The molecule has 1 saturated carbocycles. The van der Waals surface area contributed by atoms with E-state index in [-0.39, 0.29) is 23.3 Å². The Morgan fingerprint density at radius 3 is 2.65 bits per heavy atom. The number of benzene rings is 1. The zero-order chi connectivity index (χ0) is 14.0. The van der Waals surface area contributed by atoms with E-state index in [9.17, 15) is 8.42 Å². The van der Waals surface area contributed by atoms with Crippen molar-refractivity contribution in [2.45, 2.75) is 30.7 Å². The lowest BCUT2D eigenvalue weighted by Crippen LogP contribution is -2.41. The van der Waals surface area contributed by atoms with Crippen LogP contribution in [-0.2, 0) is 10.0 Å². The van der Waals surface area contributed by atoms with E-state index >= 15 is 0 Å². The molecule has 1 aliphatic rings. The third kappa shape index (κ3) is 3.70. The summed E-state index contributed by atoms with van der Waals surface area (Å²) in [5, 5.41) is 8.86. The van der Waals surface area contributed by atoms with Crippen molar-refractivity contribution >= 4 is 22.4 Å². The fourth-order valence-corrected chi connectivity index (χ4v) is 3.65. The number of hydrogen-bond donors (Lipinski definition) is 2. The van der Waals surface area contributed by atoms with Gasteiger partial charge in [0.05, 0.1) is 16.5 Å². The van der Waals surface area contributed by atoms with Crippen molar-refractivity contribution in [3.05, 3.63) is 29.3 Å². The van der Waals surface area contributed by atoms with Gasteiger partial charge in [-0.05, 0) is 43.4 Å². The van der Waals surface area contributed by atoms with Crippen LogP contribution in [0, 0.1) is 24.2 Å². The number of nitrogens with zero attached hydrogens (tertiary/aromatic N) is 1. The van der Waals surface area contributed by atoms with Gasteiger partial charge in [-0.15, -0.1) is 12.4 Å². The molecule has 0 spiro atoms. The van der Waals surface area contributed by atoms with Crippen molar-refractivity contribution in [1.29, 1.82) is 5.26 Å². The van der Waals surface area contributed by atoms with Crippen LogP contribution >= 0.6 is 12.4 Å². The summed E-state index contributed by atoms with van der Waals surface area (Å²) >= 11 is 0. The second-order valence-electron chi connectivity index (χ2n) is 4.89. The van der Waals surface area contributed by atoms with Crippen molar-refractivity contribution in [2.75, 3.05) is 6.54 Å². The van der Waals surface area contributed by atoms with E-state index in [1.807, 2.05) is 6.07 Å². The lowest BCUT2D eigenvalue weighted by molar-refractivity contribution is 0.519. The number of hydrogen-bond acceptors (Lipinski definition) is 4. The molecule has 0 aromatic heterocycles. The molecule has 0 saturated heterocycles. The Hall–Kier alpha value is -1.13. The maximum Gasteiger partial charge on any atom is 0.241 e. The van der Waals surface area contributed by atoms with E-state index in [4.69, 9.17) is 11.0 Å². The number of nitriles is 1. The summed E-state index contributed by atoms with van der Waals surface area (Å²) in [7, 11) is -3.62. The predicted molar refractivity (Wildman–Crippen MR) is 79.0 cm³/mol. The Morgan fingerprint density at radius 2 is 2.15 bits per heavy atom. The Balaban J connectivity index is 0.00000200. The molecule has 110 valence electrons. The Kier molecular flexibility index (Phi) is 5.54. The first-order valence-corrected chi connectivity index (χ1v) is 7.69. The average Bonchev–Trinajstić information content (AvgIpc) is 3.20. The normalized spacial score (nSPS) is 16.1. The minimum Gasteiger partial charge on any atom is -0.329 e. The summed E-state index contributed by atoms with van der Waals surface area (Å²) < 4.78 is 27.3. The zero-order valence-corrected chi connectivity index (χ0v) is 12.8. The van der Waals surface area contributed by atoms with E-state index in [0.717, 1.165) is 12.8 Å². The molecular formula is C13H18ClN3O2S. The highest BCUT2D eigenvalue weighted by Gasteiger charge is 2.33. The van der Waals surface area contributed by atoms with Gasteiger partial charge in [0.1, 0.15) is 0 Å². The van der Waals surface area contributed by atoms with Gasteiger partial charge in [0.15, 0.2) is 0 Å². The number of halogens is 1. The van der Waals surface area contributed by atoms with E-state index in [2.05, 4.69) is 4.72 Å². The van der Waals surface area contributed by atoms with Gasteiger partial charge in [0, 0.05) is 12.6 Å². The van der Waals surface area contributed by atoms with Crippen LogP contribution in [0.15, 0.2) is 23.1 Å². The molecule has 7 heteroatoms. The lowest BCUT2D eigenvalue weighted by atomic mass is 10.2. The van der Waals surface area contributed by atoms with Crippen LogP contribution in [-0.4, -0.2) is 21.0 Å². The van der Waals surface area contributed by atoms with E-state index in [0.29, 0.717) is 23.6 Å². The Labute approximate surface area is 125 Å². The summed E-state index contributed by atoms with van der Waals surface area (Å²) in [5.41, 5.74) is 6.57. The van der Waals surface area contributed by atoms with E-state index in [1.165, 1.54) is 6.07 Å². The van der Waals surface area contributed by atoms with Gasteiger partial charge in [0.2, 0.25) is 10.0 Å². The fourth-order valence-electron chi connectivity index (χ4n) is 2.06. The molecular weight excluding hydrogens is 298 g/mol. The van der Waals surface area contributed by atoms with Crippen molar-refractivity contribution in [1.82, 2.24) is 4.72 Å². The first kappa shape index (κ1) is 16.9. The Morgan fingerprint density at radius 1 is 1.50 bits per heavy atom. The van der Waals surface area contributed by atoms with Crippen LogP contribution in [0.25, 0.3) is 0 Å². The van der Waals surface area contributed by atoms with E-state index in [1.54, 1.807) is 19.1 Å². The van der Waals surface area contributed by atoms with Gasteiger partial charge in [-0.2, -0.15) is 5.26 Å². The Bertz CT molecular complexity index is 621. The predicted octanol–water partition coefficient (Wildman–Crippen LogP) is 1.30. The summed E-state index contributed by atoms with van der Waals surface area (Å²) in [6.07, 6.45) is 2.03. The first-order chi connectivity index (χ1) is 8.97. The number of aryl methyl sites for hydroxylation is 1. The minimum absolute atomic E-state index is 0. The highest BCUT2D eigenvalue weighted by atomic mass is 35.5. The number of rotatable bonds is 5. The minimum atomic E-state index is -3.62. The standard InChI is InChI=1S/C13H17N3O2S.ClH/c1-9-2-3-10(7-14)6-13(9)19(17,18)16-12(8-15)11-4-5-11;/h2-3,6,11-12,16H,4-5,8,15H2,1H3;1H. The number of nitrogens with two attached hydrogens (primary N) is 1. The molecule has 1 aromatic carbocycles. The molecule has 0 bridgehead atoms. The average molecular weight is 316 g/mol. The molecule has 0 heterocycles. The van der Waals surface area contributed by atoms with Crippen LogP contribution in [0.5, 0.6) is 0 Å². The third-order valence-corrected chi connectivity index (χ3v) is 4.99. The van der Waals surface area contributed by atoms with Gasteiger partial charge >= 0.3 is 0 Å². The molecule has 0 amide bonds. The second-order valence-corrected chi connectivity index (χ2v) is 6.58. The van der Waals surface area contributed by atoms with Gasteiger partial charge in [0.25, 0.3) is 0 Å². The molecule has 1 aliphatic carbocycles. The highest BCUT2D eigenvalue weighted by molar-refractivity contribution is 7.89. The van der Waals surface area contributed by atoms with Gasteiger partial charge in [-0.3, -0.25) is 0 Å². The smallest absolute Gasteiger partial charge is 0.241 e. The van der Waals surface area contributed by atoms with Crippen LogP contribution in [0.2, 0.25) is 0 Å². The lowest BCUT2D eigenvalue weighted by Gasteiger charge is -2.17. The molecule has 0 aliphatic heterocycles. The van der Waals surface area contributed by atoms with Crippen LogP contribution in [0.4, 0.5) is 0 Å². The first-order valence-electron chi connectivity index (χ1n) is 6.21. The molecule has 0 radical (unpaired) electrons. The molecule has 20 heavy (non-hydrogen) atoms. The maximum atomic E-state index is 12.3. The molecule has 1 fully saturated rings. The molecule has 1 aromatic rings. The van der Waals surface area contributed by atoms with Crippen LogP contribution in [0.1, 0.15) is 24.0 Å². The second kappa shape index (κ2) is 6.55. The van der Waals surface area contributed by atoms with E-state index < -0.39 is 10.0 Å². The zero-order valence-electron chi connectivity index (χ0n) is 11.2. The summed E-state index contributed by atoms with van der Waals surface area (Å²) in [6.45, 7) is 2.01. The van der Waals surface area contributed by atoms with Crippen molar-refractivity contribution in [3.63, 3.8) is 0 Å². The molecule has 5 nitrogen and oxygen atoms in total. The summed E-state index contributed by atoms with van der Waals surface area (Å²) in [4.78, 5) is 0.158. The monoisotopic (exact) mass is 315 g/mol. The largest absolute Gasteiger partial charge is 0.329 e. The summed E-state index contributed by atoms with van der Waals surface area (Å²) in [6, 6.07) is 6.39. The van der Waals surface area contributed by atoms with Gasteiger partial charge in [-0.1, -0.05) is 6.07 Å². The maximum absolute atomic E-state index is 12.3. The van der Waals surface area contributed by atoms with Crippen LogP contribution in [0.3, 0.4) is 0 Å². The van der Waals surface area contributed by atoms with Crippen molar-refractivity contribution in [3.8, 4) is 6.07 Å². The van der Waals surface area contributed by atoms with Gasteiger partial charge < -0.3 is 5.73 Å². The molecule has 3 N–H and O–H groups in total.